The Kier molecular flexibility index (Phi) is 8.88. The predicted molar refractivity (Wildman–Crippen MR) is 128 cm³/mol. The van der Waals surface area contributed by atoms with E-state index in [1.807, 2.05) is 54.6 Å². The Morgan fingerprint density at radius 2 is 1.61 bits per heavy atom. The van der Waals surface area contributed by atoms with Crippen LogP contribution in [0.2, 0.25) is 0 Å². The second kappa shape index (κ2) is 12.3. The molecule has 1 atom stereocenters. The smallest absolute Gasteiger partial charge is 0.276 e. The lowest BCUT2D eigenvalue weighted by atomic mass is 9.99. The Morgan fingerprint density at radius 3 is 2.33 bits per heavy atom. The second-order valence-corrected chi connectivity index (χ2v) is 7.78. The molecule has 2 N–H and O–H groups in total. The van der Waals surface area contributed by atoms with Gasteiger partial charge in [-0.1, -0.05) is 62.4 Å². The molecule has 0 aromatic heterocycles. The minimum Gasteiger partial charge on any atom is -0.493 e. The highest BCUT2D eigenvalue weighted by Gasteiger charge is 2.10. The van der Waals surface area contributed by atoms with Crippen molar-refractivity contribution in [3.05, 3.63) is 95.6 Å². The zero-order chi connectivity index (χ0) is 23.5. The zero-order valence-electron chi connectivity index (χ0n) is 19.0. The first-order valence-corrected chi connectivity index (χ1v) is 11.1. The molecule has 0 spiro atoms. The van der Waals surface area contributed by atoms with Gasteiger partial charge in [-0.25, -0.2) is 0 Å². The third kappa shape index (κ3) is 7.68. The summed E-state index contributed by atoms with van der Waals surface area (Å²) in [5.41, 5.74) is 7.57. The molecule has 0 aliphatic heterocycles. The molecule has 33 heavy (non-hydrogen) atoms. The molecular formula is C27H30N2O4. The summed E-state index contributed by atoms with van der Waals surface area (Å²) in [7, 11) is 0. The van der Waals surface area contributed by atoms with Gasteiger partial charge in [0.05, 0.1) is 6.61 Å². The number of amides is 2. The molecule has 172 valence electrons. The molecule has 0 bridgehead atoms. The first-order chi connectivity index (χ1) is 16.0. The molecule has 0 aliphatic rings. The Labute approximate surface area is 194 Å². The number of hydrazine groups is 1. The van der Waals surface area contributed by atoms with Gasteiger partial charge in [0.2, 0.25) is 0 Å². The van der Waals surface area contributed by atoms with Gasteiger partial charge < -0.3 is 9.47 Å². The summed E-state index contributed by atoms with van der Waals surface area (Å²) in [6.07, 6.45) is 1.83. The average Bonchev–Trinajstić information content (AvgIpc) is 2.86. The molecular weight excluding hydrogens is 416 g/mol. The van der Waals surface area contributed by atoms with Gasteiger partial charge in [0.15, 0.2) is 6.61 Å². The molecule has 3 aromatic rings. The molecule has 3 rings (SSSR count). The van der Waals surface area contributed by atoms with E-state index in [1.165, 1.54) is 11.1 Å². The molecule has 0 aliphatic carbocycles. The summed E-state index contributed by atoms with van der Waals surface area (Å²) >= 11 is 0. The lowest BCUT2D eigenvalue weighted by Crippen LogP contribution is -2.43. The number of ether oxygens (including phenoxy) is 2. The highest BCUT2D eigenvalue weighted by molar-refractivity contribution is 5.95. The maximum Gasteiger partial charge on any atom is 0.276 e. The van der Waals surface area contributed by atoms with E-state index in [1.54, 1.807) is 24.3 Å². The van der Waals surface area contributed by atoms with Gasteiger partial charge in [-0.2, -0.15) is 0 Å². The number of rotatable bonds is 10. The SMILES string of the molecule is CCC(C)c1ccc(OCC(=O)NNC(=O)c2cccc(OCCc3ccccc3)c2)cc1. The summed E-state index contributed by atoms with van der Waals surface area (Å²) < 4.78 is 11.2. The van der Waals surface area contributed by atoms with Crippen molar-refractivity contribution < 1.29 is 19.1 Å². The molecule has 1 unspecified atom stereocenters. The highest BCUT2D eigenvalue weighted by atomic mass is 16.5. The molecule has 0 saturated carbocycles. The van der Waals surface area contributed by atoms with Crippen molar-refractivity contribution in [1.29, 1.82) is 0 Å². The first-order valence-electron chi connectivity index (χ1n) is 11.1. The van der Waals surface area contributed by atoms with Crippen LogP contribution in [0.5, 0.6) is 11.5 Å². The molecule has 0 saturated heterocycles. The van der Waals surface area contributed by atoms with Gasteiger partial charge >= 0.3 is 0 Å². The van der Waals surface area contributed by atoms with Gasteiger partial charge in [0.25, 0.3) is 11.8 Å². The van der Waals surface area contributed by atoms with Crippen molar-refractivity contribution in [2.45, 2.75) is 32.6 Å². The fourth-order valence-corrected chi connectivity index (χ4v) is 3.17. The van der Waals surface area contributed by atoms with E-state index in [0.717, 1.165) is 12.8 Å². The highest BCUT2D eigenvalue weighted by Crippen LogP contribution is 2.21. The summed E-state index contributed by atoms with van der Waals surface area (Å²) in [6, 6.07) is 24.5. The first kappa shape index (κ1) is 23.9. The average molecular weight is 447 g/mol. The predicted octanol–water partition coefficient (Wildman–Crippen LogP) is 4.66. The number of benzene rings is 3. The van der Waals surface area contributed by atoms with Crippen molar-refractivity contribution in [2.24, 2.45) is 0 Å². The maximum absolute atomic E-state index is 12.4. The molecule has 6 nitrogen and oxygen atoms in total. The second-order valence-electron chi connectivity index (χ2n) is 7.78. The monoisotopic (exact) mass is 446 g/mol. The molecule has 0 fully saturated rings. The van der Waals surface area contributed by atoms with E-state index in [0.29, 0.717) is 29.6 Å². The number of hydrogen-bond acceptors (Lipinski definition) is 4. The zero-order valence-corrected chi connectivity index (χ0v) is 19.0. The van der Waals surface area contributed by atoms with E-state index in [9.17, 15) is 9.59 Å². The minimum atomic E-state index is -0.454. The summed E-state index contributed by atoms with van der Waals surface area (Å²) in [5, 5.41) is 0. The van der Waals surface area contributed by atoms with Crippen LogP contribution in [0, 0.1) is 0 Å². The third-order valence-corrected chi connectivity index (χ3v) is 5.35. The van der Waals surface area contributed by atoms with Gasteiger partial charge in [0.1, 0.15) is 11.5 Å². The fourth-order valence-electron chi connectivity index (χ4n) is 3.17. The fraction of sp³-hybridized carbons (Fsp3) is 0.259. The van der Waals surface area contributed by atoms with Crippen molar-refractivity contribution in [1.82, 2.24) is 10.9 Å². The Balaban J connectivity index is 1.41. The molecule has 0 heterocycles. The number of nitrogens with one attached hydrogen (secondary N) is 2. The minimum absolute atomic E-state index is 0.203. The van der Waals surface area contributed by atoms with Crippen molar-refractivity contribution >= 4 is 11.8 Å². The van der Waals surface area contributed by atoms with Crippen LogP contribution in [0.15, 0.2) is 78.9 Å². The lowest BCUT2D eigenvalue weighted by molar-refractivity contribution is -0.123. The van der Waals surface area contributed by atoms with Crippen molar-refractivity contribution in [3.8, 4) is 11.5 Å². The van der Waals surface area contributed by atoms with Crippen molar-refractivity contribution in [2.75, 3.05) is 13.2 Å². The van der Waals surface area contributed by atoms with Crippen LogP contribution in [0.3, 0.4) is 0 Å². The van der Waals surface area contributed by atoms with Gasteiger partial charge in [-0.3, -0.25) is 20.4 Å². The quantitative estimate of drug-likeness (QED) is 0.444. The Morgan fingerprint density at radius 1 is 0.848 bits per heavy atom. The number of carbonyl (C=O) groups is 2. The summed E-state index contributed by atoms with van der Waals surface area (Å²) in [6.45, 7) is 4.61. The largest absolute Gasteiger partial charge is 0.493 e. The van der Waals surface area contributed by atoms with Crippen LogP contribution in [-0.2, 0) is 11.2 Å². The normalized spacial score (nSPS) is 11.3. The summed E-state index contributed by atoms with van der Waals surface area (Å²) in [4.78, 5) is 24.4. The topological polar surface area (TPSA) is 76.7 Å². The van der Waals surface area contributed by atoms with Crippen LogP contribution in [0.25, 0.3) is 0 Å². The molecule has 2 amide bonds. The van der Waals surface area contributed by atoms with Crippen LogP contribution < -0.4 is 20.3 Å². The lowest BCUT2D eigenvalue weighted by Gasteiger charge is -2.12. The number of carbonyl (C=O) groups excluding carboxylic acids is 2. The van der Waals surface area contributed by atoms with Crippen LogP contribution >= 0.6 is 0 Å². The van der Waals surface area contributed by atoms with Crippen molar-refractivity contribution in [3.63, 3.8) is 0 Å². The standard InChI is InChI=1S/C27H30N2O4/c1-3-20(2)22-12-14-24(15-13-22)33-19-26(30)28-29-27(31)23-10-7-11-25(18-23)32-17-16-21-8-5-4-6-9-21/h4-15,18,20H,3,16-17,19H2,1-2H3,(H,28,30)(H,29,31). The maximum atomic E-state index is 12.4. The molecule has 6 heteroatoms. The van der Waals surface area contributed by atoms with Crippen LogP contribution in [0.4, 0.5) is 0 Å². The Bertz CT molecular complexity index is 1040. The van der Waals surface area contributed by atoms with E-state index in [4.69, 9.17) is 9.47 Å². The van der Waals surface area contributed by atoms with Gasteiger partial charge in [-0.05, 0) is 53.8 Å². The third-order valence-electron chi connectivity index (χ3n) is 5.35. The van der Waals surface area contributed by atoms with Crippen LogP contribution in [-0.4, -0.2) is 25.0 Å². The van der Waals surface area contributed by atoms with E-state index in [2.05, 4.69) is 24.7 Å². The van der Waals surface area contributed by atoms with Gasteiger partial charge in [-0.15, -0.1) is 0 Å². The van der Waals surface area contributed by atoms with E-state index >= 15 is 0 Å². The van der Waals surface area contributed by atoms with E-state index < -0.39 is 11.8 Å². The van der Waals surface area contributed by atoms with Gasteiger partial charge in [0, 0.05) is 12.0 Å². The Hall–Kier alpha value is -3.80. The number of hydrogen-bond donors (Lipinski definition) is 2. The van der Waals surface area contributed by atoms with Crippen LogP contribution in [0.1, 0.15) is 47.7 Å². The molecule has 3 aromatic carbocycles. The molecule has 0 radical (unpaired) electrons. The summed E-state index contributed by atoms with van der Waals surface area (Å²) in [5.74, 6) is 0.780. The van der Waals surface area contributed by atoms with E-state index in [-0.39, 0.29) is 6.61 Å².